The average molecular weight is 246 g/mol. The number of rotatable bonds is 7. The summed E-state index contributed by atoms with van der Waals surface area (Å²) >= 11 is 0. The second kappa shape index (κ2) is 6.24. The lowest BCUT2D eigenvalue weighted by atomic mass is 10.1. The van der Waals surface area contributed by atoms with Crippen LogP contribution in [-0.2, 0) is 6.54 Å². The molecule has 1 N–H and O–H groups in total. The summed E-state index contributed by atoms with van der Waals surface area (Å²) in [6.07, 6.45) is 5.31. The van der Waals surface area contributed by atoms with Crippen molar-refractivity contribution in [3.05, 3.63) is 29.3 Å². The van der Waals surface area contributed by atoms with E-state index in [1.807, 2.05) is 7.05 Å². The predicted octanol–water partition coefficient (Wildman–Crippen LogP) is 3.48. The maximum Gasteiger partial charge on any atom is 0.0414 e. The van der Waals surface area contributed by atoms with Gasteiger partial charge in [0.1, 0.15) is 0 Å². The number of hydrogen-bond acceptors (Lipinski definition) is 2. The number of nitrogens with zero attached hydrogens (tertiary/aromatic N) is 1. The van der Waals surface area contributed by atoms with E-state index in [0.717, 1.165) is 12.6 Å². The van der Waals surface area contributed by atoms with E-state index in [1.54, 1.807) is 0 Å². The molecule has 0 atom stereocenters. The normalized spacial score (nSPS) is 14.8. The van der Waals surface area contributed by atoms with Crippen LogP contribution in [0.3, 0.4) is 0 Å². The first kappa shape index (κ1) is 13.4. The number of benzene rings is 1. The lowest BCUT2D eigenvalue weighted by Crippen LogP contribution is -2.28. The summed E-state index contributed by atoms with van der Waals surface area (Å²) in [7, 11) is 2.03. The number of anilines is 1. The Morgan fingerprint density at radius 3 is 2.72 bits per heavy atom. The van der Waals surface area contributed by atoms with Gasteiger partial charge in [0.25, 0.3) is 0 Å². The Morgan fingerprint density at radius 1 is 1.33 bits per heavy atom. The van der Waals surface area contributed by atoms with Gasteiger partial charge in [0, 0.05) is 24.8 Å². The summed E-state index contributed by atoms with van der Waals surface area (Å²) in [6.45, 7) is 6.62. The van der Waals surface area contributed by atoms with Crippen LogP contribution in [0.5, 0.6) is 0 Å². The van der Waals surface area contributed by atoms with E-state index >= 15 is 0 Å². The lowest BCUT2D eigenvalue weighted by molar-refractivity contribution is 0.704. The molecule has 1 aromatic carbocycles. The first-order valence-electron chi connectivity index (χ1n) is 7.27. The monoisotopic (exact) mass is 246 g/mol. The largest absolute Gasteiger partial charge is 0.368 e. The van der Waals surface area contributed by atoms with E-state index in [-0.39, 0.29) is 0 Å². The summed E-state index contributed by atoms with van der Waals surface area (Å²) in [5, 5.41) is 3.30. The molecule has 0 heterocycles. The molecule has 0 bridgehead atoms. The van der Waals surface area contributed by atoms with Crippen molar-refractivity contribution in [3.63, 3.8) is 0 Å². The van der Waals surface area contributed by atoms with Crippen molar-refractivity contribution in [1.82, 2.24) is 5.32 Å². The standard InChI is InChI=1S/C16H26N2/c1-4-5-10-18(15-7-8-15)16-9-6-13(2)11-14(16)12-17-3/h6,9,11,15,17H,4-5,7-8,10,12H2,1-3H3. The number of unbranched alkanes of at least 4 members (excludes halogenated alkanes) is 1. The molecule has 0 saturated heterocycles. The molecular formula is C16H26N2. The molecule has 2 heteroatoms. The number of nitrogens with one attached hydrogen (secondary N) is 1. The van der Waals surface area contributed by atoms with Gasteiger partial charge in [-0.15, -0.1) is 0 Å². The van der Waals surface area contributed by atoms with E-state index in [9.17, 15) is 0 Å². The number of hydrogen-bond donors (Lipinski definition) is 1. The fourth-order valence-corrected chi connectivity index (χ4v) is 2.54. The molecule has 100 valence electrons. The predicted molar refractivity (Wildman–Crippen MR) is 79.2 cm³/mol. The van der Waals surface area contributed by atoms with Crippen LogP contribution in [0.4, 0.5) is 5.69 Å². The molecule has 1 saturated carbocycles. The van der Waals surface area contributed by atoms with Crippen molar-refractivity contribution in [1.29, 1.82) is 0 Å². The minimum Gasteiger partial charge on any atom is -0.368 e. The maximum absolute atomic E-state index is 3.30. The average Bonchev–Trinajstić information content (AvgIpc) is 3.17. The SMILES string of the molecule is CCCCN(c1ccc(C)cc1CNC)C1CC1. The minimum absolute atomic E-state index is 0.801. The second-order valence-electron chi connectivity index (χ2n) is 5.44. The van der Waals surface area contributed by atoms with Gasteiger partial charge in [0.15, 0.2) is 0 Å². The molecule has 2 nitrogen and oxygen atoms in total. The lowest BCUT2D eigenvalue weighted by Gasteiger charge is -2.27. The van der Waals surface area contributed by atoms with Crippen LogP contribution in [-0.4, -0.2) is 19.6 Å². The summed E-state index contributed by atoms with van der Waals surface area (Å²) in [5.74, 6) is 0. The summed E-state index contributed by atoms with van der Waals surface area (Å²) in [4.78, 5) is 2.63. The molecule has 1 fully saturated rings. The van der Waals surface area contributed by atoms with Crippen molar-refractivity contribution in [3.8, 4) is 0 Å². The third-order valence-electron chi connectivity index (χ3n) is 3.65. The van der Waals surface area contributed by atoms with Crippen molar-refractivity contribution in [2.24, 2.45) is 0 Å². The van der Waals surface area contributed by atoms with Crippen LogP contribution < -0.4 is 10.2 Å². The third-order valence-corrected chi connectivity index (χ3v) is 3.65. The van der Waals surface area contributed by atoms with E-state index in [2.05, 4.69) is 42.3 Å². The molecule has 1 aliphatic carbocycles. The molecule has 0 unspecified atom stereocenters. The molecular weight excluding hydrogens is 220 g/mol. The minimum atomic E-state index is 0.801. The van der Waals surface area contributed by atoms with Gasteiger partial charge in [0.05, 0.1) is 0 Å². The Labute approximate surface area is 111 Å². The highest BCUT2D eigenvalue weighted by Gasteiger charge is 2.29. The Kier molecular flexibility index (Phi) is 4.65. The van der Waals surface area contributed by atoms with Gasteiger partial charge in [0.2, 0.25) is 0 Å². The van der Waals surface area contributed by atoms with Crippen LogP contribution in [0, 0.1) is 6.92 Å². The molecule has 0 radical (unpaired) electrons. The Balaban J connectivity index is 2.21. The van der Waals surface area contributed by atoms with Crippen molar-refractivity contribution in [2.45, 2.75) is 52.1 Å². The molecule has 2 rings (SSSR count). The smallest absolute Gasteiger partial charge is 0.0414 e. The van der Waals surface area contributed by atoms with Gasteiger partial charge in [-0.2, -0.15) is 0 Å². The van der Waals surface area contributed by atoms with Crippen LogP contribution in [0.1, 0.15) is 43.7 Å². The van der Waals surface area contributed by atoms with Gasteiger partial charge in [-0.25, -0.2) is 0 Å². The summed E-state index contributed by atoms with van der Waals surface area (Å²) < 4.78 is 0. The zero-order valence-corrected chi connectivity index (χ0v) is 12.0. The van der Waals surface area contributed by atoms with Crippen molar-refractivity contribution in [2.75, 3.05) is 18.5 Å². The Hall–Kier alpha value is -1.02. The zero-order chi connectivity index (χ0) is 13.0. The molecule has 0 aliphatic heterocycles. The quantitative estimate of drug-likeness (QED) is 0.792. The Morgan fingerprint density at radius 2 is 2.11 bits per heavy atom. The first-order valence-corrected chi connectivity index (χ1v) is 7.27. The molecule has 0 aromatic heterocycles. The topological polar surface area (TPSA) is 15.3 Å². The third kappa shape index (κ3) is 3.26. The molecule has 1 aliphatic rings. The fraction of sp³-hybridized carbons (Fsp3) is 0.625. The van der Waals surface area contributed by atoms with Gasteiger partial charge in [-0.3, -0.25) is 0 Å². The van der Waals surface area contributed by atoms with Gasteiger partial charge < -0.3 is 10.2 Å². The Bertz CT molecular complexity index is 383. The van der Waals surface area contributed by atoms with Crippen molar-refractivity contribution >= 4 is 5.69 Å². The summed E-state index contributed by atoms with van der Waals surface area (Å²) in [6, 6.07) is 7.69. The first-order chi connectivity index (χ1) is 8.76. The highest BCUT2D eigenvalue weighted by Crippen LogP contribution is 2.34. The van der Waals surface area contributed by atoms with E-state index < -0.39 is 0 Å². The maximum atomic E-state index is 3.30. The molecule has 18 heavy (non-hydrogen) atoms. The van der Waals surface area contributed by atoms with E-state index in [4.69, 9.17) is 0 Å². The van der Waals surface area contributed by atoms with Gasteiger partial charge in [-0.05, 0) is 44.9 Å². The second-order valence-corrected chi connectivity index (χ2v) is 5.44. The van der Waals surface area contributed by atoms with Gasteiger partial charge >= 0.3 is 0 Å². The van der Waals surface area contributed by atoms with Crippen LogP contribution in [0.2, 0.25) is 0 Å². The van der Waals surface area contributed by atoms with Crippen LogP contribution in [0.15, 0.2) is 18.2 Å². The van der Waals surface area contributed by atoms with Crippen LogP contribution in [0.25, 0.3) is 0 Å². The molecule has 0 amide bonds. The fourth-order valence-electron chi connectivity index (χ4n) is 2.54. The van der Waals surface area contributed by atoms with Crippen molar-refractivity contribution < 1.29 is 0 Å². The highest BCUT2D eigenvalue weighted by molar-refractivity contribution is 5.56. The van der Waals surface area contributed by atoms with Gasteiger partial charge in [-0.1, -0.05) is 31.0 Å². The highest BCUT2D eigenvalue weighted by atomic mass is 15.2. The summed E-state index contributed by atoms with van der Waals surface area (Å²) in [5.41, 5.74) is 4.25. The molecule has 0 spiro atoms. The van der Waals surface area contributed by atoms with E-state index in [0.29, 0.717) is 0 Å². The molecule has 1 aromatic rings. The van der Waals surface area contributed by atoms with Crippen LogP contribution >= 0.6 is 0 Å². The zero-order valence-electron chi connectivity index (χ0n) is 12.0. The number of aryl methyl sites for hydroxylation is 1. The van der Waals surface area contributed by atoms with E-state index in [1.165, 1.54) is 49.0 Å².